The Morgan fingerprint density at radius 3 is 1.86 bits per heavy atom. The lowest BCUT2D eigenvalue weighted by Gasteiger charge is -2.12. The first-order valence-corrected chi connectivity index (χ1v) is 9.15. The van der Waals surface area contributed by atoms with E-state index in [9.17, 15) is 21.6 Å². The Kier molecular flexibility index (Phi) is 5.19. The Morgan fingerprint density at radius 2 is 1.41 bits per heavy atom. The number of hydrogen-bond acceptors (Lipinski definition) is 4. The lowest BCUT2D eigenvalue weighted by Crippen LogP contribution is -2.28. The fourth-order valence-corrected chi connectivity index (χ4v) is 3.67. The second-order valence-corrected chi connectivity index (χ2v) is 7.66. The molecule has 0 N–H and O–H groups in total. The van der Waals surface area contributed by atoms with Gasteiger partial charge in [-0.3, -0.25) is 0 Å². The molecule has 0 spiro atoms. The van der Waals surface area contributed by atoms with Gasteiger partial charge < -0.3 is 7.25 Å². The fraction of sp³-hybridized carbons (Fsp3) is 0.0909. The predicted octanol–water partition coefficient (Wildman–Crippen LogP) is 5.32. The number of fused-ring (bicyclic) bond motifs is 1. The molecule has 0 radical (unpaired) electrons. The van der Waals surface area contributed by atoms with Gasteiger partial charge >= 0.3 is 15.6 Å². The number of alkyl halides is 3. The van der Waals surface area contributed by atoms with Gasteiger partial charge in [-0.2, -0.15) is 21.6 Å². The standard InChI is InChI=1S/C11H4Br2F3IO4S/c12-7-1-6-4-10(21-22(18,19)11(14,15)16)8(13)2-5(6)3-9(7)20-17/h1-4H. The maximum Gasteiger partial charge on any atom is 0.534 e. The lowest BCUT2D eigenvalue weighted by atomic mass is 10.1. The molecule has 0 fully saturated rings. The van der Waals surface area contributed by atoms with Crippen LogP contribution in [0.3, 0.4) is 0 Å². The fourth-order valence-electron chi connectivity index (χ4n) is 1.54. The van der Waals surface area contributed by atoms with Crippen LogP contribution in [0, 0.1) is 0 Å². The van der Waals surface area contributed by atoms with Crippen LogP contribution in [0.5, 0.6) is 11.5 Å². The van der Waals surface area contributed by atoms with Gasteiger partial charge in [-0.1, -0.05) is 0 Å². The van der Waals surface area contributed by atoms with Gasteiger partial charge in [-0.05, 0) is 66.9 Å². The van der Waals surface area contributed by atoms with E-state index in [1.165, 1.54) is 12.1 Å². The van der Waals surface area contributed by atoms with E-state index in [1.807, 2.05) is 0 Å². The van der Waals surface area contributed by atoms with Gasteiger partial charge in [-0.25, -0.2) is 0 Å². The molecule has 2 aromatic rings. The first-order chi connectivity index (χ1) is 10.0. The van der Waals surface area contributed by atoms with Gasteiger partial charge in [0.25, 0.3) is 0 Å². The summed E-state index contributed by atoms with van der Waals surface area (Å²) in [5.41, 5.74) is -5.50. The highest BCUT2D eigenvalue weighted by atomic mass is 127. The number of hydrogen-bond donors (Lipinski definition) is 0. The number of halogens is 6. The zero-order valence-corrected chi connectivity index (χ0v) is 16.3. The Labute approximate surface area is 154 Å². The Morgan fingerprint density at radius 1 is 0.955 bits per heavy atom. The molecule has 0 amide bonds. The summed E-state index contributed by atoms with van der Waals surface area (Å²) >= 11 is 7.91. The van der Waals surface area contributed by atoms with Crippen molar-refractivity contribution in [2.24, 2.45) is 0 Å². The third-order valence-corrected chi connectivity index (χ3v) is 5.19. The monoisotopic (exact) mass is 574 g/mol. The third kappa shape index (κ3) is 3.62. The minimum atomic E-state index is -5.73. The van der Waals surface area contributed by atoms with Crippen molar-refractivity contribution in [1.82, 2.24) is 0 Å². The van der Waals surface area contributed by atoms with Gasteiger partial charge in [0.1, 0.15) is 5.75 Å². The Balaban J connectivity index is 2.55. The predicted molar refractivity (Wildman–Crippen MR) is 89.6 cm³/mol. The summed E-state index contributed by atoms with van der Waals surface area (Å²) in [5.74, 6) is 0.0523. The molecule has 0 saturated heterocycles. The maximum absolute atomic E-state index is 12.4. The van der Waals surface area contributed by atoms with E-state index in [0.29, 0.717) is 21.0 Å². The molecular weight excluding hydrogens is 572 g/mol. The van der Waals surface area contributed by atoms with E-state index >= 15 is 0 Å². The first kappa shape index (κ1) is 18.1. The van der Waals surface area contributed by atoms with Crippen molar-refractivity contribution in [2.75, 3.05) is 0 Å². The molecule has 120 valence electrons. The topological polar surface area (TPSA) is 52.6 Å². The summed E-state index contributed by atoms with van der Waals surface area (Å²) in [6.45, 7) is 0. The molecule has 0 aromatic heterocycles. The molecular formula is C11H4Br2F3IO4S. The summed E-state index contributed by atoms with van der Waals surface area (Å²) < 4.78 is 69.1. The summed E-state index contributed by atoms with van der Waals surface area (Å²) in [7, 11) is -5.73. The van der Waals surface area contributed by atoms with E-state index in [4.69, 9.17) is 3.07 Å². The minimum Gasteiger partial charge on any atom is -0.426 e. The molecule has 0 bridgehead atoms. The van der Waals surface area contributed by atoms with Gasteiger partial charge in [0.15, 0.2) is 28.8 Å². The van der Waals surface area contributed by atoms with Gasteiger partial charge in [-0.15, -0.1) is 0 Å². The van der Waals surface area contributed by atoms with Crippen LogP contribution >= 0.6 is 54.9 Å². The molecule has 4 nitrogen and oxygen atoms in total. The van der Waals surface area contributed by atoms with Crippen LogP contribution in [0.25, 0.3) is 10.8 Å². The van der Waals surface area contributed by atoms with Crippen LogP contribution in [0.4, 0.5) is 13.2 Å². The van der Waals surface area contributed by atoms with Crippen molar-refractivity contribution in [3.05, 3.63) is 33.2 Å². The number of rotatable bonds is 3. The van der Waals surface area contributed by atoms with Gasteiger partial charge in [0.2, 0.25) is 0 Å². The molecule has 2 aromatic carbocycles. The van der Waals surface area contributed by atoms with Crippen molar-refractivity contribution in [3.63, 3.8) is 0 Å². The van der Waals surface area contributed by atoms with Gasteiger partial charge in [0.05, 0.1) is 8.95 Å². The number of benzene rings is 2. The molecule has 0 aliphatic rings. The van der Waals surface area contributed by atoms with Crippen LogP contribution in [-0.2, 0) is 10.1 Å². The maximum atomic E-state index is 12.4. The molecule has 0 aliphatic carbocycles. The molecule has 0 heterocycles. The van der Waals surface area contributed by atoms with Crippen molar-refractivity contribution >= 4 is 75.8 Å². The van der Waals surface area contributed by atoms with E-state index < -0.39 is 21.4 Å². The second-order valence-electron chi connectivity index (χ2n) is 3.97. The highest BCUT2D eigenvalue weighted by Crippen LogP contribution is 2.38. The Bertz CT molecular complexity index is 839. The minimum absolute atomic E-state index is 0.0644. The van der Waals surface area contributed by atoms with Crippen molar-refractivity contribution in [3.8, 4) is 11.5 Å². The van der Waals surface area contributed by atoms with Crippen molar-refractivity contribution < 1.29 is 28.8 Å². The van der Waals surface area contributed by atoms with Crippen molar-refractivity contribution in [1.29, 1.82) is 0 Å². The molecule has 0 saturated carbocycles. The highest BCUT2D eigenvalue weighted by Gasteiger charge is 2.48. The van der Waals surface area contributed by atoms with E-state index in [-0.39, 0.29) is 4.47 Å². The van der Waals surface area contributed by atoms with Crippen LogP contribution < -0.4 is 7.25 Å². The SMILES string of the molecule is O=S(=O)(Oc1cc2cc(Br)c(OI)cc2cc1Br)C(F)(F)F. The van der Waals surface area contributed by atoms with Crippen LogP contribution in [0.2, 0.25) is 0 Å². The summed E-state index contributed by atoms with van der Waals surface area (Å²) in [4.78, 5) is 0. The molecule has 11 heteroatoms. The normalized spacial score (nSPS) is 12.5. The molecule has 22 heavy (non-hydrogen) atoms. The summed E-state index contributed by atoms with van der Waals surface area (Å²) in [6, 6.07) is 5.83. The van der Waals surface area contributed by atoms with E-state index in [1.54, 1.807) is 35.1 Å². The Hall–Kier alpha value is -0.270. The van der Waals surface area contributed by atoms with Crippen LogP contribution in [-0.4, -0.2) is 13.9 Å². The highest BCUT2D eigenvalue weighted by molar-refractivity contribution is 14.1. The smallest absolute Gasteiger partial charge is 0.426 e. The van der Waals surface area contributed by atoms with Crippen LogP contribution in [0.15, 0.2) is 33.2 Å². The largest absolute Gasteiger partial charge is 0.534 e. The average Bonchev–Trinajstić information content (AvgIpc) is 2.38. The summed E-state index contributed by atoms with van der Waals surface area (Å²) in [5, 5.41) is 1.10. The molecule has 2 rings (SSSR count). The van der Waals surface area contributed by atoms with Crippen molar-refractivity contribution in [2.45, 2.75) is 5.51 Å². The lowest BCUT2D eigenvalue weighted by molar-refractivity contribution is -0.0500. The molecule has 0 aliphatic heterocycles. The third-order valence-electron chi connectivity index (χ3n) is 2.51. The second kappa shape index (κ2) is 6.32. The average molecular weight is 576 g/mol. The zero-order chi connectivity index (χ0) is 16.7. The van der Waals surface area contributed by atoms with Crippen LogP contribution in [0.1, 0.15) is 0 Å². The summed E-state index contributed by atoms with van der Waals surface area (Å²) in [6.07, 6.45) is 0. The molecule has 0 unspecified atom stereocenters. The first-order valence-electron chi connectivity index (χ1n) is 5.27. The van der Waals surface area contributed by atoms with Gasteiger partial charge in [0, 0.05) is 0 Å². The van der Waals surface area contributed by atoms with E-state index in [2.05, 4.69) is 36.0 Å². The quantitative estimate of drug-likeness (QED) is 0.282. The zero-order valence-electron chi connectivity index (χ0n) is 10.1. The molecule has 0 atom stereocenters. The van der Waals surface area contributed by atoms with E-state index in [0.717, 1.165) is 0 Å².